The van der Waals surface area contributed by atoms with Crippen LogP contribution in [-0.2, 0) is 6.42 Å². The number of anilines is 1. The van der Waals surface area contributed by atoms with Crippen LogP contribution in [0.2, 0.25) is 0 Å². The first-order valence-electron chi connectivity index (χ1n) is 6.58. The van der Waals surface area contributed by atoms with Gasteiger partial charge in [0.1, 0.15) is 11.4 Å². The molecule has 0 saturated carbocycles. The smallest absolute Gasteiger partial charge is 0.295 e. The summed E-state index contributed by atoms with van der Waals surface area (Å²) < 4.78 is 13.9. The van der Waals surface area contributed by atoms with E-state index in [1.807, 2.05) is 6.07 Å². The molecule has 5 nitrogen and oxygen atoms in total. The van der Waals surface area contributed by atoms with Gasteiger partial charge in [-0.1, -0.05) is 18.2 Å². The summed E-state index contributed by atoms with van der Waals surface area (Å²) in [6.07, 6.45) is 1.31. The number of rotatable bonds is 3. The molecule has 0 saturated heterocycles. The molecular formula is C15H13FN2O3. The number of nitrogens with one attached hydrogen (secondary N) is 1. The summed E-state index contributed by atoms with van der Waals surface area (Å²) >= 11 is 0. The van der Waals surface area contributed by atoms with E-state index in [1.165, 1.54) is 18.2 Å². The Hall–Kier alpha value is -2.63. The zero-order valence-electron chi connectivity index (χ0n) is 11.0. The molecule has 0 heterocycles. The van der Waals surface area contributed by atoms with Crippen molar-refractivity contribution in [2.75, 3.05) is 5.32 Å². The van der Waals surface area contributed by atoms with Gasteiger partial charge in [0.2, 0.25) is 0 Å². The summed E-state index contributed by atoms with van der Waals surface area (Å²) in [5.74, 6) is -0.447. The molecule has 0 radical (unpaired) electrons. The Bertz CT molecular complexity index is 718. The van der Waals surface area contributed by atoms with Crippen LogP contribution >= 0.6 is 0 Å². The summed E-state index contributed by atoms with van der Waals surface area (Å²) in [5.41, 5.74) is 1.27. The average Bonchev–Trinajstić information content (AvgIpc) is 2.85. The van der Waals surface area contributed by atoms with E-state index < -0.39 is 10.7 Å². The number of nitro groups is 1. The van der Waals surface area contributed by atoms with Gasteiger partial charge in [0, 0.05) is 6.07 Å². The predicted molar refractivity (Wildman–Crippen MR) is 75.8 cm³/mol. The molecular weight excluding hydrogens is 275 g/mol. The van der Waals surface area contributed by atoms with Gasteiger partial charge in [-0.25, -0.2) is 4.39 Å². The summed E-state index contributed by atoms with van der Waals surface area (Å²) in [5, 5.41) is 23.7. The molecule has 0 aromatic heterocycles. The van der Waals surface area contributed by atoms with Crippen molar-refractivity contribution in [3.8, 4) is 5.75 Å². The highest BCUT2D eigenvalue weighted by Gasteiger charge is 2.28. The molecule has 0 bridgehead atoms. The maximum absolute atomic E-state index is 13.9. The van der Waals surface area contributed by atoms with Gasteiger partial charge in [0.25, 0.3) is 5.69 Å². The second kappa shape index (κ2) is 5.05. The molecule has 1 aliphatic carbocycles. The van der Waals surface area contributed by atoms with E-state index in [2.05, 4.69) is 5.32 Å². The Labute approximate surface area is 120 Å². The first-order valence-corrected chi connectivity index (χ1v) is 6.58. The minimum Gasteiger partial charge on any atom is -0.508 e. The number of benzene rings is 2. The Kier molecular flexibility index (Phi) is 3.21. The summed E-state index contributed by atoms with van der Waals surface area (Å²) in [6.45, 7) is 0. The summed E-state index contributed by atoms with van der Waals surface area (Å²) in [6, 6.07) is 8.68. The Balaban J connectivity index is 1.97. The Morgan fingerprint density at radius 1 is 1.29 bits per heavy atom. The number of halogens is 1. The van der Waals surface area contributed by atoms with Crippen LogP contribution < -0.4 is 5.32 Å². The van der Waals surface area contributed by atoms with E-state index >= 15 is 0 Å². The van der Waals surface area contributed by atoms with Crippen LogP contribution in [0, 0.1) is 15.9 Å². The Morgan fingerprint density at radius 2 is 2.05 bits per heavy atom. The van der Waals surface area contributed by atoms with Crippen LogP contribution in [0.3, 0.4) is 0 Å². The molecule has 2 aromatic carbocycles. The molecule has 3 rings (SSSR count). The zero-order chi connectivity index (χ0) is 15.0. The van der Waals surface area contributed by atoms with Crippen LogP contribution in [0.5, 0.6) is 5.75 Å². The predicted octanol–water partition coefficient (Wildman–Crippen LogP) is 3.54. The number of phenols is 1. The molecule has 108 valence electrons. The molecule has 21 heavy (non-hydrogen) atoms. The van der Waals surface area contributed by atoms with Crippen LogP contribution in [0.25, 0.3) is 0 Å². The number of hydrogen-bond donors (Lipinski definition) is 2. The summed E-state index contributed by atoms with van der Waals surface area (Å²) in [4.78, 5) is 10.4. The molecule has 2 N–H and O–H groups in total. The first kappa shape index (κ1) is 13.4. The lowest BCUT2D eigenvalue weighted by Crippen LogP contribution is -2.10. The lowest BCUT2D eigenvalue weighted by atomic mass is 10.1. The third-order valence-electron chi connectivity index (χ3n) is 3.75. The molecule has 2 aromatic rings. The van der Waals surface area contributed by atoms with Crippen molar-refractivity contribution >= 4 is 11.4 Å². The van der Waals surface area contributed by atoms with Crippen molar-refractivity contribution in [2.24, 2.45) is 0 Å². The highest BCUT2D eigenvalue weighted by molar-refractivity contribution is 5.64. The van der Waals surface area contributed by atoms with Crippen LogP contribution in [0.4, 0.5) is 15.8 Å². The Morgan fingerprint density at radius 3 is 2.81 bits per heavy atom. The minimum atomic E-state index is -0.655. The van der Waals surface area contributed by atoms with Gasteiger partial charge < -0.3 is 10.4 Å². The van der Waals surface area contributed by atoms with Crippen LogP contribution in [0.15, 0.2) is 36.4 Å². The van der Waals surface area contributed by atoms with E-state index in [0.29, 0.717) is 12.8 Å². The highest BCUT2D eigenvalue weighted by Crippen LogP contribution is 2.40. The third-order valence-corrected chi connectivity index (χ3v) is 3.75. The van der Waals surface area contributed by atoms with E-state index in [9.17, 15) is 19.6 Å². The first-order chi connectivity index (χ1) is 10.1. The highest BCUT2D eigenvalue weighted by atomic mass is 19.1. The molecule has 0 amide bonds. The molecule has 0 aliphatic heterocycles. The van der Waals surface area contributed by atoms with Gasteiger partial charge in [-0.05, 0) is 36.1 Å². The van der Waals surface area contributed by atoms with Gasteiger partial charge in [-0.2, -0.15) is 0 Å². The van der Waals surface area contributed by atoms with Crippen molar-refractivity contribution in [3.05, 3.63) is 63.5 Å². The number of para-hydroxylation sites is 1. The van der Waals surface area contributed by atoms with E-state index in [1.54, 1.807) is 12.1 Å². The quantitative estimate of drug-likeness (QED) is 0.669. The molecule has 0 fully saturated rings. The number of aromatic hydroxyl groups is 1. The van der Waals surface area contributed by atoms with Crippen LogP contribution in [0.1, 0.15) is 23.6 Å². The monoisotopic (exact) mass is 288 g/mol. The van der Waals surface area contributed by atoms with Crippen molar-refractivity contribution in [3.63, 3.8) is 0 Å². The fourth-order valence-corrected chi connectivity index (χ4v) is 2.77. The number of nitro benzene ring substituents is 1. The van der Waals surface area contributed by atoms with Gasteiger partial charge >= 0.3 is 0 Å². The molecule has 6 heteroatoms. The molecule has 1 unspecified atom stereocenters. The topological polar surface area (TPSA) is 75.4 Å². The minimum absolute atomic E-state index is 0.108. The van der Waals surface area contributed by atoms with E-state index in [4.69, 9.17) is 0 Å². The van der Waals surface area contributed by atoms with Crippen molar-refractivity contribution in [1.29, 1.82) is 0 Å². The lowest BCUT2D eigenvalue weighted by molar-refractivity contribution is -0.384. The van der Waals surface area contributed by atoms with Crippen molar-refractivity contribution in [1.82, 2.24) is 0 Å². The average molecular weight is 288 g/mol. The molecule has 0 spiro atoms. The standard InChI is InChI=1S/C15H13FN2O3/c16-11-4-2-5-13(18(20)21)15(11)17-12-8-7-10-9(12)3-1-6-14(10)19/h1-6,12,17,19H,7-8H2. The van der Waals surface area contributed by atoms with E-state index in [-0.39, 0.29) is 23.2 Å². The molecule has 1 atom stereocenters. The SMILES string of the molecule is O=[N+]([O-])c1cccc(F)c1NC1CCc2c(O)cccc21. The fourth-order valence-electron chi connectivity index (χ4n) is 2.77. The maximum Gasteiger partial charge on any atom is 0.295 e. The second-order valence-electron chi connectivity index (χ2n) is 4.97. The van der Waals surface area contributed by atoms with Gasteiger partial charge in [0.15, 0.2) is 5.82 Å². The third kappa shape index (κ3) is 2.29. The summed E-state index contributed by atoms with van der Waals surface area (Å²) in [7, 11) is 0. The molecule has 1 aliphatic rings. The van der Waals surface area contributed by atoms with Crippen LogP contribution in [-0.4, -0.2) is 10.0 Å². The number of hydrogen-bond acceptors (Lipinski definition) is 4. The fraction of sp³-hybridized carbons (Fsp3) is 0.200. The normalized spacial score (nSPS) is 16.5. The lowest BCUT2D eigenvalue weighted by Gasteiger charge is -2.16. The second-order valence-corrected chi connectivity index (χ2v) is 4.97. The largest absolute Gasteiger partial charge is 0.508 e. The number of fused-ring (bicyclic) bond motifs is 1. The van der Waals surface area contributed by atoms with Crippen molar-refractivity contribution < 1.29 is 14.4 Å². The van der Waals surface area contributed by atoms with E-state index in [0.717, 1.165) is 11.1 Å². The maximum atomic E-state index is 13.9. The van der Waals surface area contributed by atoms with Gasteiger partial charge in [-0.3, -0.25) is 10.1 Å². The zero-order valence-corrected chi connectivity index (χ0v) is 11.0. The van der Waals surface area contributed by atoms with Crippen molar-refractivity contribution in [2.45, 2.75) is 18.9 Å². The van der Waals surface area contributed by atoms with Gasteiger partial charge in [-0.15, -0.1) is 0 Å². The van der Waals surface area contributed by atoms with Gasteiger partial charge in [0.05, 0.1) is 11.0 Å². The number of nitrogens with zero attached hydrogens (tertiary/aromatic N) is 1. The number of phenolic OH excluding ortho intramolecular Hbond substituents is 1.